The van der Waals surface area contributed by atoms with E-state index in [9.17, 15) is 4.79 Å². The highest BCUT2D eigenvalue weighted by Crippen LogP contribution is 2.28. The van der Waals surface area contributed by atoms with E-state index in [4.69, 9.17) is 19.8 Å². The Labute approximate surface area is 167 Å². The summed E-state index contributed by atoms with van der Waals surface area (Å²) in [7, 11) is 0. The van der Waals surface area contributed by atoms with E-state index >= 15 is 0 Å². The molecule has 0 aromatic carbocycles. The lowest BCUT2D eigenvalue weighted by Gasteiger charge is -2.37. The van der Waals surface area contributed by atoms with Crippen molar-refractivity contribution in [3.05, 3.63) is 12.2 Å². The Morgan fingerprint density at radius 3 is 2.04 bits per heavy atom. The van der Waals surface area contributed by atoms with Crippen LogP contribution in [0, 0.1) is 11.8 Å². The Hall–Kier alpha value is -1.89. The fourth-order valence-corrected chi connectivity index (χ4v) is 4.35. The van der Waals surface area contributed by atoms with E-state index in [0.717, 1.165) is 50.9 Å². The zero-order valence-electron chi connectivity index (χ0n) is 16.7. The van der Waals surface area contributed by atoms with Crippen LogP contribution in [0.25, 0.3) is 0 Å². The first kappa shape index (κ1) is 22.4. The van der Waals surface area contributed by atoms with Crippen LogP contribution >= 0.6 is 0 Å². The smallest absolute Gasteiger partial charge is 0.414 e. The molecule has 0 aromatic rings. The summed E-state index contributed by atoms with van der Waals surface area (Å²) in [6.07, 6.45) is 15.9. The van der Waals surface area contributed by atoms with Gasteiger partial charge in [-0.05, 0) is 37.5 Å². The third-order valence-electron chi connectivity index (χ3n) is 6.04. The van der Waals surface area contributed by atoms with Crippen LogP contribution in [0.15, 0.2) is 12.2 Å². The molecule has 1 aliphatic heterocycles. The molecule has 3 aliphatic rings. The van der Waals surface area contributed by atoms with E-state index < -0.39 is 11.9 Å². The lowest BCUT2D eigenvalue weighted by atomic mass is 9.94. The number of nitrogens with zero attached hydrogens (tertiary/aromatic N) is 2. The maximum Gasteiger partial charge on any atom is 0.414 e. The van der Waals surface area contributed by atoms with E-state index in [1.54, 1.807) is 0 Å². The number of hydrogen-bond donors (Lipinski definition) is 2. The van der Waals surface area contributed by atoms with Gasteiger partial charge in [-0.3, -0.25) is 9.69 Å². The fourth-order valence-electron chi connectivity index (χ4n) is 4.35. The monoisotopic (exact) mass is 394 g/mol. The van der Waals surface area contributed by atoms with Gasteiger partial charge in [0.25, 0.3) is 0 Å². The lowest BCUT2D eigenvalue weighted by molar-refractivity contribution is -0.159. The van der Waals surface area contributed by atoms with Crippen LogP contribution in [0.2, 0.25) is 0 Å². The Morgan fingerprint density at radius 2 is 1.50 bits per heavy atom. The molecule has 0 bridgehead atoms. The van der Waals surface area contributed by atoms with E-state index in [2.05, 4.69) is 22.0 Å². The van der Waals surface area contributed by atoms with Crippen molar-refractivity contribution in [2.75, 3.05) is 32.7 Å². The minimum Gasteiger partial charge on any atom is -0.473 e. The van der Waals surface area contributed by atoms with Gasteiger partial charge in [0.2, 0.25) is 5.91 Å². The lowest BCUT2D eigenvalue weighted by Crippen LogP contribution is -2.49. The Bertz CT molecular complexity index is 537. The number of hydrogen-bond acceptors (Lipinski definition) is 4. The highest BCUT2D eigenvalue weighted by Gasteiger charge is 2.24. The molecular formula is C21H34N2O5. The maximum atomic E-state index is 12.3. The highest BCUT2D eigenvalue weighted by molar-refractivity contribution is 6.27. The van der Waals surface area contributed by atoms with Crippen LogP contribution in [0.3, 0.4) is 0 Å². The van der Waals surface area contributed by atoms with Crippen LogP contribution < -0.4 is 0 Å². The zero-order chi connectivity index (χ0) is 20.4. The van der Waals surface area contributed by atoms with Crippen LogP contribution in [-0.4, -0.2) is 70.6 Å². The van der Waals surface area contributed by atoms with Gasteiger partial charge in [0.05, 0.1) is 0 Å². The number of carboxylic acids is 2. The molecule has 1 saturated heterocycles. The van der Waals surface area contributed by atoms with Crippen LogP contribution in [0.5, 0.6) is 0 Å². The molecular weight excluding hydrogens is 360 g/mol. The van der Waals surface area contributed by atoms with Crippen molar-refractivity contribution in [1.82, 2.24) is 9.80 Å². The third kappa shape index (κ3) is 8.00. The van der Waals surface area contributed by atoms with Gasteiger partial charge in [0.15, 0.2) is 0 Å². The molecule has 2 N–H and O–H groups in total. The fraction of sp³-hybridized carbons (Fsp3) is 0.762. The number of amides is 1. The van der Waals surface area contributed by atoms with E-state index in [1.165, 1.54) is 51.5 Å². The standard InChI is InChI=1S/C19H32N2O.C2H2O4/c22-19(11-10-17-6-4-5-7-17)21-14-12-20(13-15-21)16-18-8-2-1-3-9-18;3-1(4)2(5)6/h1-2,17-18H,3-16H2;(H,3,4)(H,5,6). The minimum atomic E-state index is -1.82. The van der Waals surface area contributed by atoms with Crippen LogP contribution in [0.1, 0.15) is 57.8 Å². The van der Waals surface area contributed by atoms with Crippen molar-refractivity contribution < 1.29 is 24.6 Å². The normalized spacial score (nSPS) is 23.1. The summed E-state index contributed by atoms with van der Waals surface area (Å²) in [5.41, 5.74) is 0. The number of piperazine rings is 1. The summed E-state index contributed by atoms with van der Waals surface area (Å²) >= 11 is 0. The third-order valence-corrected chi connectivity index (χ3v) is 6.04. The van der Waals surface area contributed by atoms with Crippen LogP contribution in [0.4, 0.5) is 0 Å². The van der Waals surface area contributed by atoms with Crippen LogP contribution in [-0.2, 0) is 14.4 Å². The van der Waals surface area contributed by atoms with Crippen molar-refractivity contribution >= 4 is 17.8 Å². The second kappa shape index (κ2) is 11.8. The molecule has 1 unspecified atom stereocenters. The molecule has 1 saturated carbocycles. The Balaban J connectivity index is 0.000000409. The topological polar surface area (TPSA) is 98.2 Å². The number of aliphatic carboxylic acids is 2. The predicted molar refractivity (Wildman–Crippen MR) is 106 cm³/mol. The summed E-state index contributed by atoms with van der Waals surface area (Å²) in [6.45, 7) is 5.29. The summed E-state index contributed by atoms with van der Waals surface area (Å²) in [4.78, 5) is 35.2. The molecule has 7 heteroatoms. The first-order valence-electron chi connectivity index (χ1n) is 10.6. The minimum absolute atomic E-state index is 0.409. The zero-order valence-corrected chi connectivity index (χ0v) is 16.7. The molecule has 1 amide bonds. The first-order valence-corrected chi connectivity index (χ1v) is 10.6. The van der Waals surface area contributed by atoms with Gasteiger partial charge in [0, 0.05) is 39.1 Å². The van der Waals surface area contributed by atoms with Gasteiger partial charge in [-0.2, -0.15) is 0 Å². The predicted octanol–water partition coefficient (Wildman–Crippen LogP) is 2.61. The number of allylic oxidation sites excluding steroid dienone is 2. The molecule has 2 fully saturated rings. The van der Waals surface area contributed by atoms with Gasteiger partial charge in [0.1, 0.15) is 0 Å². The molecule has 7 nitrogen and oxygen atoms in total. The first-order chi connectivity index (χ1) is 13.5. The average molecular weight is 395 g/mol. The number of carbonyl (C=O) groups excluding carboxylic acids is 1. The highest BCUT2D eigenvalue weighted by atomic mass is 16.4. The van der Waals surface area contributed by atoms with E-state index in [1.807, 2.05) is 0 Å². The van der Waals surface area contributed by atoms with Crippen molar-refractivity contribution in [3.8, 4) is 0 Å². The van der Waals surface area contributed by atoms with Crippen molar-refractivity contribution in [1.29, 1.82) is 0 Å². The summed E-state index contributed by atoms with van der Waals surface area (Å²) in [6, 6.07) is 0. The number of rotatable bonds is 5. The molecule has 1 atom stereocenters. The summed E-state index contributed by atoms with van der Waals surface area (Å²) in [5.74, 6) is -1.56. The summed E-state index contributed by atoms with van der Waals surface area (Å²) < 4.78 is 0. The average Bonchev–Trinajstić information content (AvgIpc) is 3.21. The molecule has 158 valence electrons. The van der Waals surface area contributed by atoms with Gasteiger partial charge in [-0.1, -0.05) is 37.8 Å². The molecule has 0 aromatic heterocycles. The summed E-state index contributed by atoms with van der Waals surface area (Å²) in [5, 5.41) is 14.8. The van der Waals surface area contributed by atoms with E-state index in [-0.39, 0.29) is 0 Å². The molecule has 2 aliphatic carbocycles. The number of carboxylic acid groups (broad SMARTS) is 2. The van der Waals surface area contributed by atoms with Crippen molar-refractivity contribution in [2.45, 2.75) is 57.8 Å². The Morgan fingerprint density at radius 1 is 0.857 bits per heavy atom. The Kier molecular flexibility index (Phi) is 9.47. The molecule has 3 rings (SSSR count). The quantitative estimate of drug-likeness (QED) is 0.549. The van der Waals surface area contributed by atoms with Gasteiger partial charge < -0.3 is 15.1 Å². The second-order valence-electron chi connectivity index (χ2n) is 8.13. The van der Waals surface area contributed by atoms with Crippen molar-refractivity contribution in [2.24, 2.45) is 11.8 Å². The van der Waals surface area contributed by atoms with Crippen molar-refractivity contribution in [3.63, 3.8) is 0 Å². The molecule has 28 heavy (non-hydrogen) atoms. The van der Waals surface area contributed by atoms with Gasteiger partial charge >= 0.3 is 11.9 Å². The molecule has 0 spiro atoms. The molecule has 0 radical (unpaired) electrons. The molecule has 1 heterocycles. The van der Waals surface area contributed by atoms with Gasteiger partial charge in [-0.25, -0.2) is 9.59 Å². The largest absolute Gasteiger partial charge is 0.473 e. The second-order valence-corrected chi connectivity index (χ2v) is 8.13. The van der Waals surface area contributed by atoms with Gasteiger partial charge in [-0.15, -0.1) is 0 Å². The number of carbonyl (C=O) groups is 3. The van der Waals surface area contributed by atoms with E-state index in [0.29, 0.717) is 5.91 Å². The SMILES string of the molecule is O=C(CCC1CCCC1)N1CCN(CC2CC=CCC2)CC1.O=C(O)C(=O)O. The maximum absolute atomic E-state index is 12.3.